The van der Waals surface area contributed by atoms with Crippen LogP contribution in [0.5, 0.6) is 0 Å². The zero-order valence-electron chi connectivity index (χ0n) is 12.0. The van der Waals surface area contributed by atoms with Gasteiger partial charge in [0, 0.05) is 16.0 Å². The third-order valence-electron chi connectivity index (χ3n) is 4.53. The molecule has 0 radical (unpaired) electrons. The average molecular weight is 363 g/mol. The van der Waals surface area contributed by atoms with Gasteiger partial charge in [0.25, 0.3) is 0 Å². The number of hydrogen-bond donors (Lipinski definition) is 0. The zero-order chi connectivity index (χ0) is 15.8. The van der Waals surface area contributed by atoms with Crippen molar-refractivity contribution in [2.24, 2.45) is 17.8 Å². The van der Waals surface area contributed by atoms with E-state index in [1.807, 2.05) is 0 Å². The van der Waals surface area contributed by atoms with E-state index in [0.29, 0.717) is 16.3 Å². The summed E-state index contributed by atoms with van der Waals surface area (Å²) in [5.74, 6) is 0.652. The normalized spacial score (nSPS) is 26.7. The number of alkyl halides is 3. The van der Waals surface area contributed by atoms with Gasteiger partial charge in [-0.15, -0.1) is 0 Å². The number of carbonyl (C=O) groups excluding carboxylic acids is 1. The zero-order valence-corrected chi connectivity index (χ0v) is 13.6. The van der Waals surface area contributed by atoms with Gasteiger partial charge in [0.05, 0.1) is 5.56 Å². The van der Waals surface area contributed by atoms with Crippen LogP contribution in [0.25, 0.3) is 0 Å². The average Bonchev–Trinajstić information content (AvgIpc) is 2.40. The lowest BCUT2D eigenvalue weighted by Crippen LogP contribution is -2.27. The molecule has 1 aromatic rings. The molecule has 3 unspecified atom stereocenters. The van der Waals surface area contributed by atoms with Crippen molar-refractivity contribution in [2.75, 3.05) is 0 Å². The lowest BCUT2D eigenvalue weighted by atomic mass is 9.73. The van der Waals surface area contributed by atoms with Gasteiger partial charge in [0.1, 0.15) is 0 Å². The molecule has 1 aliphatic rings. The second-order valence-electron chi connectivity index (χ2n) is 6.02. The summed E-state index contributed by atoms with van der Waals surface area (Å²) < 4.78 is 38.8. The highest BCUT2D eigenvalue weighted by molar-refractivity contribution is 9.10. The summed E-state index contributed by atoms with van der Waals surface area (Å²) in [5, 5.41) is 0. The molecule has 0 aromatic heterocycles. The first-order valence-electron chi connectivity index (χ1n) is 7.11. The van der Waals surface area contributed by atoms with Gasteiger partial charge in [-0.2, -0.15) is 13.2 Å². The van der Waals surface area contributed by atoms with Crippen molar-refractivity contribution in [1.29, 1.82) is 0 Å². The first kappa shape index (κ1) is 16.5. The summed E-state index contributed by atoms with van der Waals surface area (Å²) in [5.41, 5.74) is -0.622. The SMILES string of the molecule is CC1CCC(C(=O)c2cc(C(F)(F)F)ccc2Br)CC1C. The summed E-state index contributed by atoms with van der Waals surface area (Å²) in [6.45, 7) is 4.26. The van der Waals surface area contributed by atoms with Crippen LogP contribution in [0.15, 0.2) is 22.7 Å². The molecule has 1 aliphatic carbocycles. The largest absolute Gasteiger partial charge is 0.416 e. The molecule has 1 saturated carbocycles. The molecule has 1 nitrogen and oxygen atoms in total. The molecule has 0 heterocycles. The number of benzene rings is 1. The monoisotopic (exact) mass is 362 g/mol. The van der Waals surface area contributed by atoms with Crippen molar-refractivity contribution in [1.82, 2.24) is 0 Å². The molecule has 0 N–H and O–H groups in total. The van der Waals surface area contributed by atoms with E-state index in [4.69, 9.17) is 0 Å². The second kappa shape index (κ2) is 6.11. The first-order chi connectivity index (χ1) is 9.70. The first-order valence-corrected chi connectivity index (χ1v) is 7.90. The fraction of sp³-hybridized carbons (Fsp3) is 0.562. The van der Waals surface area contributed by atoms with Crippen LogP contribution in [0.3, 0.4) is 0 Å². The van der Waals surface area contributed by atoms with Crippen LogP contribution in [-0.2, 0) is 6.18 Å². The van der Waals surface area contributed by atoms with E-state index in [9.17, 15) is 18.0 Å². The maximum Gasteiger partial charge on any atom is 0.416 e. The Morgan fingerprint density at radius 2 is 1.86 bits per heavy atom. The number of halogens is 4. The Balaban J connectivity index is 2.27. The standard InChI is InChI=1S/C16H18BrF3O/c1-9-3-4-11(7-10(9)2)15(21)13-8-12(16(18,19)20)5-6-14(13)17/h5-6,8-11H,3-4,7H2,1-2H3. The number of rotatable bonds is 2. The summed E-state index contributed by atoms with van der Waals surface area (Å²) in [6, 6.07) is 3.27. The van der Waals surface area contributed by atoms with Crippen molar-refractivity contribution < 1.29 is 18.0 Å². The van der Waals surface area contributed by atoms with Crippen molar-refractivity contribution in [2.45, 2.75) is 39.3 Å². The highest BCUT2D eigenvalue weighted by Gasteiger charge is 2.34. The van der Waals surface area contributed by atoms with E-state index in [-0.39, 0.29) is 17.3 Å². The van der Waals surface area contributed by atoms with Gasteiger partial charge >= 0.3 is 6.18 Å². The lowest BCUT2D eigenvalue weighted by molar-refractivity contribution is -0.137. The van der Waals surface area contributed by atoms with E-state index >= 15 is 0 Å². The Labute approximate surface area is 131 Å². The van der Waals surface area contributed by atoms with Crippen LogP contribution in [0.4, 0.5) is 13.2 Å². The van der Waals surface area contributed by atoms with Gasteiger partial charge in [-0.1, -0.05) is 29.8 Å². The Bertz CT molecular complexity index is 539. The molecule has 0 bridgehead atoms. The minimum Gasteiger partial charge on any atom is -0.294 e. The third kappa shape index (κ3) is 3.68. The van der Waals surface area contributed by atoms with Gasteiger partial charge in [-0.05, 0) is 49.3 Å². The minimum absolute atomic E-state index is 0.150. The smallest absolute Gasteiger partial charge is 0.294 e. The van der Waals surface area contributed by atoms with Crippen molar-refractivity contribution in [3.8, 4) is 0 Å². The van der Waals surface area contributed by atoms with E-state index < -0.39 is 11.7 Å². The van der Waals surface area contributed by atoms with Gasteiger partial charge < -0.3 is 0 Å². The van der Waals surface area contributed by atoms with Crippen LogP contribution < -0.4 is 0 Å². The molecule has 3 atom stereocenters. The molecule has 1 aromatic carbocycles. The van der Waals surface area contributed by atoms with Crippen molar-refractivity contribution in [3.63, 3.8) is 0 Å². The number of hydrogen-bond acceptors (Lipinski definition) is 1. The molecule has 0 spiro atoms. The fourth-order valence-corrected chi connectivity index (χ4v) is 3.34. The van der Waals surface area contributed by atoms with Crippen molar-refractivity contribution >= 4 is 21.7 Å². The number of ketones is 1. The van der Waals surface area contributed by atoms with Gasteiger partial charge in [0.2, 0.25) is 0 Å². The predicted octanol–water partition coefficient (Wildman–Crippen LogP) is 5.72. The third-order valence-corrected chi connectivity index (χ3v) is 5.22. The molecule has 1 fully saturated rings. The van der Waals surface area contributed by atoms with Crippen LogP contribution in [0.1, 0.15) is 49.0 Å². The van der Waals surface area contributed by atoms with Gasteiger partial charge in [-0.25, -0.2) is 0 Å². The number of carbonyl (C=O) groups is 1. The van der Waals surface area contributed by atoms with Crippen LogP contribution in [-0.4, -0.2) is 5.78 Å². The molecule has 21 heavy (non-hydrogen) atoms. The van der Waals surface area contributed by atoms with E-state index in [0.717, 1.165) is 31.4 Å². The molecular formula is C16H18BrF3O. The Hall–Kier alpha value is -0.840. The molecule has 2 rings (SSSR count). The molecule has 0 aliphatic heterocycles. The van der Waals surface area contributed by atoms with Gasteiger partial charge in [-0.3, -0.25) is 4.79 Å². The molecular weight excluding hydrogens is 345 g/mol. The van der Waals surface area contributed by atoms with E-state index in [1.165, 1.54) is 6.07 Å². The Morgan fingerprint density at radius 1 is 1.19 bits per heavy atom. The molecule has 0 amide bonds. The van der Waals surface area contributed by atoms with Crippen molar-refractivity contribution in [3.05, 3.63) is 33.8 Å². The minimum atomic E-state index is -4.43. The summed E-state index contributed by atoms with van der Waals surface area (Å²) in [7, 11) is 0. The van der Waals surface area contributed by atoms with Crippen LogP contribution in [0, 0.1) is 17.8 Å². The lowest BCUT2D eigenvalue weighted by Gasteiger charge is -2.31. The predicted molar refractivity (Wildman–Crippen MR) is 79.1 cm³/mol. The maximum atomic E-state index is 12.8. The quantitative estimate of drug-likeness (QED) is 0.614. The van der Waals surface area contributed by atoms with Crippen LogP contribution in [0.2, 0.25) is 0 Å². The summed E-state index contributed by atoms with van der Waals surface area (Å²) in [6.07, 6.45) is -1.96. The topological polar surface area (TPSA) is 17.1 Å². The fourth-order valence-electron chi connectivity index (χ4n) is 2.90. The number of Topliss-reactive ketones (excluding diaryl/α,β-unsaturated/α-hetero) is 1. The Kier molecular flexibility index (Phi) is 4.81. The van der Waals surface area contributed by atoms with E-state index in [2.05, 4.69) is 29.8 Å². The van der Waals surface area contributed by atoms with Gasteiger partial charge in [0.15, 0.2) is 5.78 Å². The highest BCUT2D eigenvalue weighted by Crippen LogP contribution is 2.37. The molecule has 0 saturated heterocycles. The molecule has 5 heteroatoms. The van der Waals surface area contributed by atoms with E-state index in [1.54, 1.807) is 0 Å². The van der Waals surface area contributed by atoms with Crippen LogP contribution >= 0.6 is 15.9 Å². The summed E-state index contributed by atoms with van der Waals surface area (Å²) in [4.78, 5) is 12.6. The Morgan fingerprint density at radius 3 is 2.43 bits per heavy atom. The molecule has 116 valence electrons. The highest BCUT2D eigenvalue weighted by atomic mass is 79.9. The summed E-state index contributed by atoms with van der Waals surface area (Å²) >= 11 is 3.20. The maximum absolute atomic E-state index is 12.8. The second-order valence-corrected chi connectivity index (χ2v) is 6.88.